The fraction of sp³-hybridized carbons (Fsp3) is 0.179. The number of imide groups is 1. The molecule has 0 aromatic heterocycles. The van der Waals surface area contributed by atoms with E-state index >= 15 is 0 Å². The molecule has 0 aliphatic carbocycles. The third kappa shape index (κ3) is 6.55. The Kier molecular flexibility index (Phi) is 9.15. The summed E-state index contributed by atoms with van der Waals surface area (Å²) >= 11 is 4.25. The van der Waals surface area contributed by atoms with Gasteiger partial charge in [0.05, 0.1) is 42.8 Å². The van der Waals surface area contributed by atoms with Gasteiger partial charge >= 0.3 is 5.97 Å². The van der Waals surface area contributed by atoms with Crippen molar-refractivity contribution in [2.75, 3.05) is 34.5 Å². The predicted molar refractivity (Wildman–Crippen MR) is 150 cm³/mol. The normalized spacial score (nSPS) is 13.9. The average Bonchev–Trinajstić information content (AvgIpc) is 3.21. The first-order chi connectivity index (χ1) is 18.8. The number of halogens is 1. The van der Waals surface area contributed by atoms with E-state index in [-0.39, 0.29) is 29.6 Å². The highest BCUT2D eigenvalue weighted by Crippen LogP contribution is 2.39. The summed E-state index contributed by atoms with van der Waals surface area (Å²) in [5, 5.41) is -0.397. The SMILES string of the molecule is COc1ccc(C(=O)Oc2c(Br)cc(/C=C3\SC(=O)N(CCOc4ccccc4OC)C3=O)cc2OC)cc1. The number of methoxy groups -OCH3 is 3. The van der Waals surface area contributed by atoms with Gasteiger partial charge in [0.15, 0.2) is 23.0 Å². The number of carbonyl (C=O) groups is 3. The third-order valence-corrected chi connectivity index (χ3v) is 7.08. The Morgan fingerprint density at radius 3 is 2.28 bits per heavy atom. The van der Waals surface area contributed by atoms with Gasteiger partial charge in [0.25, 0.3) is 11.1 Å². The van der Waals surface area contributed by atoms with Gasteiger partial charge in [-0.25, -0.2) is 4.79 Å². The number of carbonyl (C=O) groups excluding carboxylic acids is 3. The van der Waals surface area contributed by atoms with Gasteiger partial charge < -0.3 is 23.7 Å². The molecule has 9 nitrogen and oxygen atoms in total. The predicted octanol–water partition coefficient (Wildman–Crippen LogP) is 5.81. The molecule has 202 valence electrons. The lowest BCUT2D eigenvalue weighted by atomic mass is 10.1. The Hall–Kier alpha value is -3.96. The van der Waals surface area contributed by atoms with Crippen molar-refractivity contribution in [3.63, 3.8) is 0 Å². The van der Waals surface area contributed by atoms with Gasteiger partial charge in [-0.05, 0) is 87.9 Å². The molecule has 1 saturated heterocycles. The molecule has 1 aliphatic rings. The number of benzene rings is 3. The van der Waals surface area contributed by atoms with Crippen LogP contribution in [-0.2, 0) is 4.79 Å². The van der Waals surface area contributed by atoms with E-state index in [0.29, 0.717) is 32.8 Å². The number of thioether (sulfide) groups is 1. The molecular formula is C28H24BrNO8S. The van der Waals surface area contributed by atoms with E-state index in [1.807, 2.05) is 6.07 Å². The van der Waals surface area contributed by atoms with E-state index < -0.39 is 17.1 Å². The highest BCUT2D eigenvalue weighted by Gasteiger charge is 2.35. The number of rotatable bonds is 10. The number of hydrogen-bond donors (Lipinski definition) is 0. The van der Waals surface area contributed by atoms with Crippen LogP contribution in [0.15, 0.2) is 70.0 Å². The molecule has 0 N–H and O–H groups in total. The minimum absolute atomic E-state index is 0.0767. The number of para-hydroxylation sites is 2. The summed E-state index contributed by atoms with van der Waals surface area (Å²) in [6, 6.07) is 16.9. The highest BCUT2D eigenvalue weighted by molar-refractivity contribution is 9.10. The van der Waals surface area contributed by atoms with E-state index in [4.69, 9.17) is 23.7 Å². The summed E-state index contributed by atoms with van der Waals surface area (Å²) in [7, 11) is 4.51. The van der Waals surface area contributed by atoms with Crippen molar-refractivity contribution in [3.8, 4) is 28.7 Å². The van der Waals surface area contributed by atoms with E-state index in [1.54, 1.807) is 60.7 Å². The van der Waals surface area contributed by atoms with Crippen molar-refractivity contribution in [3.05, 3.63) is 81.2 Å². The molecular weight excluding hydrogens is 590 g/mol. The van der Waals surface area contributed by atoms with Crippen LogP contribution in [0.1, 0.15) is 15.9 Å². The van der Waals surface area contributed by atoms with Crippen molar-refractivity contribution in [2.45, 2.75) is 0 Å². The van der Waals surface area contributed by atoms with Gasteiger partial charge in [-0.15, -0.1) is 0 Å². The number of esters is 1. The molecule has 0 atom stereocenters. The molecule has 1 fully saturated rings. The fourth-order valence-corrected chi connectivity index (χ4v) is 5.04. The maximum absolute atomic E-state index is 13.0. The Morgan fingerprint density at radius 2 is 1.62 bits per heavy atom. The van der Waals surface area contributed by atoms with Crippen LogP contribution in [0.3, 0.4) is 0 Å². The molecule has 2 amide bonds. The highest BCUT2D eigenvalue weighted by atomic mass is 79.9. The monoisotopic (exact) mass is 613 g/mol. The smallest absolute Gasteiger partial charge is 0.343 e. The first-order valence-corrected chi connectivity index (χ1v) is 13.2. The van der Waals surface area contributed by atoms with Gasteiger partial charge in [-0.2, -0.15) is 0 Å². The van der Waals surface area contributed by atoms with E-state index in [0.717, 1.165) is 16.7 Å². The van der Waals surface area contributed by atoms with Crippen molar-refractivity contribution in [1.29, 1.82) is 0 Å². The van der Waals surface area contributed by atoms with Crippen molar-refractivity contribution in [2.24, 2.45) is 0 Å². The lowest BCUT2D eigenvalue weighted by Crippen LogP contribution is -2.32. The van der Waals surface area contributed by atoms with Crippen LogP contribution in [-0.4, -0.2) is 56.5 Å². The van der Waals surface area contributed by atoms with Gasteiger partial charge in [0.1, 0.15) is 12.4 Å². The van der Waals surface area contributed by atoms with Crippen LogP contribution in [0.4, 0.5) is 4.79 Å². The van der Waals surface area contributed by atoms with Crippen molar-refractivity contribution in [1.82, 2.24) is 4.90 Å². The van der Waals surface area contributed by atoms with Crippen LogP contribution >= 0.6 is 27.7 Å². The molecule has 0 spiro atoms. The Labute approximate surface area is 237 Å². The lowest BCUT2D eigenvalue weighted by molar-refractivity contribution is -0.123. The van der Waals surface area contributed by atoms with Gasteiger partial charge in [-0.3, -0.25) is 14.5 Å². The maximum Gasteiger partial charge on any atom is 0.343 e. The molecule has 39 heavy (non-hydrogen) atoms. The van der Waals surface area contributed by atoms with Crippen LogP contribution in [0.2, 0.25) is 0 Å². The summed E-state index contributed by atoms with van der Waals surface area (Å²) in [6.45, 7) is 0.187. The number of ether oxygens (including phenoxy) is 5. The molecule has 11 heteroatoms. The molecule has 0 bridgehead atoms. The van der Waals surface area contributed by atoms with Crippen LogP contribution < -0.4 is 23.7 Å². The molecule has 1 aliphatic heterocycles. The lowest BCUT2D eigenvalue weighted by Gasteiger charge is -2.14. The number of hydrogen-bond acceptors (Lipinski definition) is 9. The fourth-order valence-electron chi connectivity index (χ4n) is 3.63. The third-order valence-electron chi connectivity index (χ3n) is 5.59. The first-order valence-electron chi connectivity index (χ1n) is 11.6. The standard InChI is InChI=1S/C28H24BrNO8S/c1-34-19-10-8-18(9-11-19)27(32)38-25-20(29)14-17(15-23(25)36-3)16-24-26(31)30(28(33)39-24)12-13-37-22-7-5-4-6-21(22)35-2/h4-11,14-16H,12-13H2,1-3H3/b24-16-. The minimum Gasteiger partial charge on any atom is -0.497 e. The first kappa shape index (κ1) is 28.1. The number of amides is 2. The second-order valence-corrected chi connectivity index (χ2v) is 9.83. The Morgan fingerprint density at radius 1 is 0.923 bits per heavy atom. The van der Waals surface area contributed by atoms with E-state index in [2.05, 4.69) is 15.9 Å². The summed E-state index contributed by atoms with van der Waals surface area (Å²) < 4.78 is 27.5. The maximum atomic E-state index is 13.0. The topological polar surface area (TPSA) is 101 Å². The van der Waals surface area contributed by atoms with Gasteiger partial charge in [0, 0.05) is 0 Å². The van der Waals surface area contributed by atoms with Crippen LogP contribution in [0, 0.1) is 0 Å². The van der Waals surface area contributed by atoms with Crippen LogP contribution in [0.25, 0.3) is 6.08 Å². The second-order valence-electron chi connectivity index (χ2n) is 7.98. The molecule has 3 aromatic carbocycles. The Bertz CT molecular complexity index is 1420. The minimum atomic E-state index is -0.583. The summed E-state index contributed by atoms with van der Waals surface area (Å²) in [5.41, 5.74) is 0.899. The zero-order valence-electron chi connectivity index (χ0n) is 21.3. The van der Waals surface area contributed by atoms with Gasteiger partial charge in [0.2, 0.25) is 0 Å². The van der Waals surface area contributed by atoms with Crippen molar-refractivity contribution >= 4 is 50.9 Å². The second kappa shape index (κ2) is 12.7. The zero-order chi connectivity index (χ0) is 27.9. The summed E-state index contributed by atoms with van der Waals surface area (Å²) in [6.07, 6.45) is 1.58. The molecule has 0 radical (unpaired) electrons. The summed E-state index contributed by atoms with van der Waals surface area (Å²) in [4.78, 5) is 39.5. The molecule has 0 unspecified atom stereocenters. The van der Waals surface area contributed by atoms with Gasteiger partial charge in [-0.1, -0.05) is 12.1 Å². The van der Waals surface area contributed by atoms with Crippen LogP contribution in [0.5, 0.6) is 28.7 Å². The van der Waals surface area contributed by atoms with E-state index in [1.165, 1.54) is 21.3 Å². The van der Waals surface area contributed by atoms with Crippen molar-refractivity contribution < 1.29 is 38.1 Å². The largest absolute Gasteiger partial charge is 0.497 e. The molecule has 1 heterocycles. The number of nitrogens with zero attached hydrogens (tertiary/aromatic N) is 1. The molecule has 4 rings (SSSR count). The molecule has 0 saturated carbocycles. The quantitative estimate of drug-likeness (QED) is 0.159. The molecule has 3 aromatic rings. The average molecular weight is 614 g/mol. The zero-order valence-corrected chi connectivity index (χ0v) is 23.7. The Balaban J connectivity index is 1.46. The van der Waals surface area contributed by atoms with E-state index in [9.17, 15) is 14.4 Å². The summed E-state index contributed by atoms with van der Waals surface area (Å²) in [5.74, 6) is 1.12.